The van der Waals surface area contributed by atoms with E-state index in [2.05, 4.69) is 45.1 Å². The van der Waals surface area contributed by atoms with Crippen molar-refractivity contribution in [3.63, 3.8) is 0 Å². The minimum atomic E-state index is 0.778. The zero-order chi connectivity index (χ0) is 19.8. The van der Waals surface area contributed by atoms with E-state index in [1.54, 1.807) is 74.4 Å². The number of nitrogens with zero attached hydrogens (tertiary/aromatic N) is 9. The second-order valence-corrected chi connectivity index (χ2v) is 4.48. The number of aliphatic imine (C=N–C) groups is 3. The maximum atomic E-state index is 3.78. The predicted molar refractivity (Wildman–Crippen MR) is 110 cm³/mol. The molecule has 0 N–H and O–H groups in total. The Hall–Kier alpha value is -4.01. The molecule has 0 atom stereocenters. The molecule has 142 valence electrons. The lowest BCUT2D eigenvalue weighted by molar-refractivity contribution is 1.03. The van der Waals surface area contributed by atoms with Crippen molar-refractivity contribution in [2.24, 2.45) is 15.0 Å². The van der Waals surface area contributed by atoms with E-state index in [0.29, 0.717) is 0 Å². The molecule has 2 aliphatic rings. The van der Waals surface area contributed by atoms with E-state index in [0.717, 1.165) is 13.0 Å². The van der Waals surface area contributed by atoms with Crippen LogP contribution < -0.4 is 0 Å². The van der Waals surface area contributed by atoms with Crippen molar-refractivity contribution < 1.29 is 0 Å². The van der Waals surface area contributed by atoms with E-state index < -0.39 is 0 Å². The van der Waals surface area contributed by atoms with Gasteiger partial charge in [0.1, 0.15) is 12.7 Å². The molecule has 0 saturated heterocycles. The summed E-state index contributed by atoms with van der Waals surface area (Å²) in [7, 11) is 0. The van der Waals surface area contributed by atoms with Gasteiger partial charge in [-0.25, -0.2) is 15.0 Å². The van der Waals surface area contributed by atoms with Crippen LogP contribution >= 0.6 is 0 Å². The molecule has 9 heteroatoms. The van der Waals surface area contributed by atoms with Gasteiger partial charge in [-0.15, -0.1) is 0 Å². The van der Waals surface area contributed by atoms with Gasteiger partial charge in [0.25, 0.3) is 0 Å². The van der Waals surface area contributed by atoms with Crippen molar-refractivity contribution in [2.45, 2.75) is 6.42 Å². The molecule has 0 saturated carbocycles. The predicted octanol–water partition coefficient (Wildman–Crippen LogP) is 2.50. The lowest BCUT2D eigenvalue weighted by Crippen LogP contribution is -1.69. The van der Waals surface area contributed by atoms with Crippen LogP contribution in [0.1, 0.15) is 6.42 Å². The van der Waals surface area contributed by atoms with Crippen molar-refractivity contribution >= 4 is 18.8 Å². The fraction of sp³-hybridized carbons (Fsp3) is 0.105. The molecule has 5 heterocycles. The molecule has 0 radical (unpaired) electrons. The third-order valence-corrected chi connectivity index (χ3v) is 2.42. The number of aromatic nitrogens is 6. The van der Waals surface area contributed by atoms with Gasteiger partial charge in [0, 0.05) is 74.6 Å². The Morgan fingerprint density at radius 2 is 1.25 bits per heavy atom. The topological polar surface area (TPSA) is 114 Å². The van der Waals surface area contributed by atoms with E-state index in [9.17, 15) is 0 Å². The van der Waals surface area contributed by atoms with Gasteiger partial charge in [-0.3, -0.25) is 20.0 Å². The molecule has 5 rings (SSSR count). The van der Waals surface area contributed by atoms with Gasteiger partial charge >= 0.3 is 0 Å². The summed E-state index contributed by atoms with van der Waals surface area (Å²) < 4.78 is 0. The van der Waals surface area contributed by atoms with Crippen LogP contribution in [0.2, 0.25) is 0 Å². The average molecular weight is 375 g/mol. The zero-order valence-corrected chi connectivity index (χ0v) is 15.3. The van der Waals surface area contributed by atoms with Gasteiger partial charge in [0.05, 0.1) is 6.54 Å². The van der Waals surface area contributed by atoms with E-state index in [-0.39, 0.29) is 0 Å². The number of allylic oxidation sites excluding steroid dienone is 1. The molecule has 0 spiro atoms. The van der Waals surface area contributed by atoms with E-state index >= 15 is 0 Å². The molecule has 0 amide bonds. The number of hydrogen-bond donors (Lipinski definition) is 0. The van der Waals surface area contributed by atoms with Crippen LogP contribution in [0.25, 0.3) is 0 Å². The van der Waals surface area contributed by atoms with Crippen molar-refractivity contribution in [1.29, 1.82) is 0 Å². The van der Waals surface area contributed by atoms with E-state index in [1.807, 2.05) is 24.4 Å². The lowest BCUT2D eigenvalue weighted by atomic mass is 10.5. The Balaban J connectivity index is 0.000000175. The maximum absolute atomic E-state index is 3.78. The Morgan fingerprint density at radius 1 is 0.571 bits per heavy atom. The molecule has 0 fully saturated rings. The normalized spacial score (nSPS) is 11.4. The highest BCUT2D eigenvalue weighted by Crippen LogP contribution is 1.86. The molecule has 0 bridgehead atoms. The van der Waals surface area contributed by atoms with Crippen LogP contribution in [0.3, 0.4) is 0 Å². The monoisotopic (exact) mass is 375 g/mol. The van der Waals surface area contributed by atoms with Gasteiger partial charge < -0.3 is 0 Å². The van der Waals surface area contributed by atoms with E-state index in [1.165, 1.54) is 6.33 Å². The zero-order valence-electron chi connectivity index (χ0n) is 15.3. The molecule has 2 aliphatic heterocycles. The second-order valence-electron chi connectivity index (χ2n) is 4.48. The Morgan fingerprint density at radius 3 is 1.43 bits per heavy atom. The summed E-state index contributed by atoms with van der Waals surface area (Å²) in [5.41, 5.74) is 0. The standard InChI is InChI=1S/3C4H4N2.C4H5N.C3H4N2/c1-2-6-4-3-5-1;1-2-5-4-6-3-1;1-2-4-6-5-3-1;1-2-4-5-3-1;1-2-5-3-4-1/h3*1-4H;1,3-4H,2H2;1,3H,2H2. The molecule has 3 aromatic heterocycles. The van der Waals surface area contributed by atoms with Gasteiger partial charge in [0.15, 0.2) is 0 Å². The van der Waals surface area contributed by atoms with Crippen molar-refractivity contribution in [3.05, 3.63) is 86.4 Å². The largest absolute Gasteiger partial charge is 0.269 e. The summed E-state index contributed by atoms with van der Waals surface area (Å²) >= 11 is 0. The minimum absolute atomic E-state index is 0.778. The third kappa shape index (κ3) is 16.8. The first kappa shape index (κ1) is 22.0. The first-order chi connectivity index (χ1) is 14.0. The fourth-order valence-corrected chi connectivity index (χ4v) is 1.30. The van der Waals surface area contributed by atoms with Gasteiger partial charge in [-0.05, 0) is 18.2 Å². The van der Waals surface area contributed by atoms with Crippen LogP contribution in [0, 0.1) is 0 Å². The lowest BCUT2D eigenvalue weighted by Gasteiger charge is -1.70. The summed E-state index contributed by atoms with van der Waals surface area (Å²) in [6.07, 6.45) is 24.8. The van der Waals surface area contributed by atoms with Crippen molar-refractivity contribution in [2.75, 3.05) is 6.54 Å². The quantitative estimate of drug-likeness (QED) is 0.596. The van der Waals surface area contributed by atoms with Crippen molar-refractivity contribution in [3.8, 4) is 0 Å². The Labute approximate surface area is 163 Å². The molecule has 0 unspecified atom stereocenters. The van der Waals surface area contributed by atoms with Crippen LogP contribution in [0.15, 0.2) is 101 Å². The van der Waals surface area contributed by atoms with Gasteiger partial charge in [-0.1, -0.05) is 6.08 Å². The molecule has 9 nitrogen and oxygen atoms in total. The summed E-state index contributed by atoms with van der Waals surface area (Å²) in [5.74, 6) is 0. The maximum Gasteiger partial charge on any atom is 0.115 e. The third-order valence-electron chi connectivity index (χ3n) is 2.42. The molecule has 0 aliphatic carbocycles. The number of hydrogen-bond acceptors (Lipinski definition) is 9. The summed E-state index contributed by atoms with van der Waals surface area (Å²) in [6.45, 7) is 0.778. The highest BCUT2D eigenvalue weighted by molar-refractivity contribution is 5.79. The smallest absolute Gasteiger partial charge is 0.115 e. The first-order valence-corrected chi connectivity index (χ1v) is 8.28. The molecular weight excluding hydrogens is 354 g/mol. The van der Waals surface area contributed by atoms with E-state index in [4.69, 9.17) is 0 Å². The Kier molecular flexibility index (Phi) is 15.2. The molecular formula is C19H21N9. The molecule has 28 heavy (non-hydrogen) atoms. The summed E-state index contributed by atoms with van der Waals surface area (Å²) in [6, 6.07) is 5.43. The van der Waals surface area contributed by atoms with Gasteiger partial charge in [-0.2, -0.15) is 10.2 Å². The van der Waals surface area contributed by atoms with Crippen LogP contribution in [-0.4, -0.2) is 55.4 Å². The fourth-order valence-electron chi connectivity index (χ4n) is 1.30. The summed E-state index contributed by atoms with van der Waals surface area (Å²) in [5, 5.41) is 7.07. The molecule has 3 aromatic rings. The number of rotatable bonds is 0. The van der Waals surface area contributed by atoms with Crippen LogP contribution in [-0.2, 0) is 0 Å². The minimum Gasteiger partial charge on any atom is -0.269 e. The summed E-state index contributed by atoms with van der Waals surface area (Å²) in [4.78, 5) is 26.0. The van der Waals surface area contributed by atoms with Crippen LogP contribution in [0.5, 0.6) is 0 Å². The van der Waals surface area contributed by atoms with Crippen LogP contribution in [0.4, 0.5) is 0 Å². The highest BCUT2D eigenvalue weighted by atomic mass is 15.1. The SMILES string of the molecule is C1=CN=CC1.C1=NC=NC1.c1ccnnc1.c1cnccn1.c1cncnc1. The van der Waals surface area contributed by atoms with Crippen molar-refractivity contribution in [1.82, 2.24) is 30.1 Å². The second kappa shape index (κ2) is 19.3. The first-order valence-electron chi connectivity index (χ1n) is 8.28. The average Bonchev–Trinajstić information content (AvgIpc) is 3.58. The van der Waals surface area contributed by atoms with Gasteiger partial charge in [0.2, 0.25) is 0 Å². The molecule has 0 aromatic carbocycles. The Bertz CT molecular complexity index is 579. The highest BCUT2D eigenvalue weighted by Gasteiger charge is 1.74.